The highest BCUT2D eigenvalue weighted by Gasteiger charge is 2.15. The standard InChI is InChI=1S/C14H11NO4/c1-9-7-12(16)5-6-13(9)14(17)10-3-2-4-11(8-10)15(18)19/h2-8,16H,1H3. The molecule has 2 rings (SSSR count). The number of benzene rings is 2. The second-order valence-corrected chi connectivity index (χ2v) is 4.14. The van der Waals surface area contributed by atoms with E-state index in [0.717, 1.165) is 0 Å². The molecule has 0 bridgehead atoms. The van der Waals surface area contributed by atoms with E-state index in [4.69, 9.17) is 0 Å². The van der Waals surface area contributed by atoms with Crippen molar-refractivity contribution in [1.29, 1.82) is 0 Å². The first kappa shape index (κ1) is 12.8. The number of hydrogen-bond donors (Lipinski definition) is 1. The highest BCUT2D eigenvalue weighted by Crippen LogP contribution is 2.21. The van der Waals surface area contributed by atoms with Crippen molar-refractivity contribution in [2.45, 2.75) is 6.92 Å². The van der Waals surface area contributed by atoms with Crippen LogP contribution < -0.4 is 0 Å². The number of hydrogen-bond acceptors (Lipinski definition) is 4. The van der Waals surface area contributed by atoms with E-state index in [1.807, 2.05) is 0 Å². The number of aromatic hydroxyl groups is 1. The van der Waals surface area contributed by atoms with Crippen molar-refractivity contribution >= 4 is 11.5 Å². The SMILES string of the molecule is Cc1cc(O)ccc1C(=O)c1cccc([N+](=O)[O-])c1. The molecule has 0 atom stereocenters. The monoisotopic (exact) mass is 257 g/mol. The van der Waals surface area contributed by atoms with E-state index in [0.29, 0.717) is 11.1 Å². The Morgan fingerprint density at radius 1 is 1.21 bits per heavy atom. The number of carbonyl (C=O) groups excluding carboxylic acids is 1. The summed E-state index contributed by atoms with van der Waals surface area (Å²) in [5.41, 5.74) is 1.17. The molecule has 0 fully saturated rings. The highest BCUT2D eigenvalue weighted by molar-refractivity contribution is 6.10. The Hall–Kier alpha value is -2.69. The molecule has 0 aliphatic carbocycles. The van der Waals surface area contributed by atoms with Crippen molar-refractivity contribution in [3.63, 3.8) is 0 Å². The van der Waals surface area contributed by atoms with Gasteiger partial charge in [0, 0.05) is 23.3 Å². The third kappa shape index (κ3) is 2.60. The molecule has 0 spiro atoms. The molecule has 2 aromatic rings. The van der Waals surface area contributed by atoms with Crippen LogP contribution in [0.1, 0.15) is 21.5 Å². The molecule has 0 heterocycles. The lowest BCUT2D eigenvalue weighted by Gasteiger charge is -2.05. The topological polar surface area (TPSA) is 80.4 Å². The summed E-state index contributed by atoms with van der Waals surface area (Å²) >= 11 is 0. The number of aryl methyl sites for hydroxylation is 1. The average Bonchev–Trinajstić information content (AvgIpc) is 2.38. The number of nitrogens with zero attached hydrogens (tertiary/aromatic N) is 1. The molecule has 0 aliphatic heterocycles. The van der Waals surface area contributed by atoms with Gasteiger partial charge in [-0.15, -0.1) is 0 Å². The molecule has 0 aromatic heterocycles. The molecule has 0 saturated carbocycles. The predicted octanol–water partition coefficient (Wildman–Crippen LogP) is 2.84. The van der Waals surface area contributed by atoms with E-state index in [1.165, 1.54) is 42.5 Å². The average molecular weight is 257 g/mol. The number of rotatable bonds is 3. The second kappa shape index (κ2) is 4.89. The van der Waals surface area contributed by atoms with Crippen molar-refractivity contribution in [2.24, 2.45) is 0 Å². The van der Waals surface area contributed by atoms with Crippen LogP contribution in [-0.2, 0) is 0 Å². The van der Waals surface area contributed by atoms with Crippen molar-refractivity contribution in [1.82, 2.24) is 0 Å². The van der Waals surface area contributed by atoms with Crippen LogP contribution in [0.5, 0.6) is 5.75 Å². The van der Waals surface area contributed by atoms with E-state index < -0.39 is 4.92 Å². The minimum Gasteiger partial charge on any atom is -0.508 e. The largest absolute Gasteiger partial charge is 0.508 e. The molecule has 0 saturated heterocycles. The molecule has 0 radical (unpaired) electrons. The van der Waals surface area contributed by atoms with Crippen LogP contribution in [0.4, 0.5) is 5.69 Å². The zero-order valence-electron chi connectivity index (χ0n) is 10.2. The maximum atomic E-state index is 12.2. The zero-order valence-corrected chi connectivity index (χ0v) is 10.2. The summed E-state index contributed by atoms with van der Waals surface area (Å²) in [7, 11) is 0. The maximum absolute atomic E-state index is 12.2. The zero-order chi connectivity index (χ0) is 14.0. The fourth-order valence-electron chi connectivity index (χ4n) is 1.82. The van der Waals surface area contributed by atoms with Gasteiger partial charge in [0.15, 0.2) is 5.78 Å². The number of phenols is 1. The number of ketones is 1. The van der Waals surface area contributed by atoms with Crippen molar-refractivity contribution < 1.29 is 14.8 Å². The van der Waals surface area contributed by atoms with Gasteiger partial charge in [-0.2, -0.15) is 0 Å². The van der Waals surface area contributed by atoms with Gasteiger partial charge in [-0.25, -0.2) is 0 Å². The summed E-state index contributed by atoms with van der Waals surface area (Å²) in [6, 6.07) is 9.98. The first-order valence-corrected chi connectivity index (χ1v) is 5.58. The first-order chi connectivity index (χ1) is 8.99. The van der Waals surface area contributed by atoms with Crippen LogP contribution in [-0.4, -0.2) is 15.8 Å². The van der Waals surface area contributed by atoms with Gasteiger partial charge in [0.25, 0.3) is 5.69 Å². The highest BCUT2D eigenvalue weighted by atomic mass is 16.6. The van der Waals surface area contributed by atoms with Gasteiger partial charge < -0.3 is 5.11 Å². The lowest BCUT2D eigenvalue weighted by Crippen LogP contribution is -2.04. The summed E-state index contributed by atoms with van der Waals surface area (Å²) in [4.78, 5) is 22.4. The van der Waals surface area contributed by atoms with Crippen LogP contribution >= 0.6 is 0 Å². The van der Waals surface area contributed by atoms with Gasteiger partial charge in [0.1, 0.15) is 5.75 Å². The molecule has 0 unspecified atom stereocenters. The lowest BCUT2D eigenvalue weighted by atomic mass is 9.98. The van der Waals surface area contributed by atoms with Crippen molar-refractivity contribution in [3.8, 4) is 5.75 Å². The van der Waals surface area contributed by atoms with Gasteiger partial charge in [-0.05, 0) is 30.7 Å². The summed E-state index contributed by atoms with van der Waals surface area (Å²) in [6.45, 7) is 1.70. The number of carbonyl (C=O) groups is 1. The molecule has 0 aliphatic rings. The van der Waals surface area contributed by atoms with E-state index in [-0.39, 0.29) is 22.8 Å². The van der Waals surface area contributed by atoms with Gasteiger partial charge in [0.2, 0.25) is 0 Å². The second-order valence-electron chi connectivity index (χ2n) is 4.14. The number of nitro groups is 1. The maximum Gasteiger partial charge on any atom is 0.270 e. The van der Waals surface area contributed by atoms with Crippen LogP contribution in [0, 0.1) is 17.0 Å². The Kier molecular flexibility index (Phi) is 3.29. The summed E-state index contributed by atoms with van der Waals surface area (Å²) < 4.78 is 0. The number of phenolic OH excluding ortho intramolecular Hbond substituents is 1. The van der Waals surface area contributed by atoms with E-state index >= 15 is 0 Å². The smallest absolute Gasteiger partial charge is 0.270 e. The van der Waals surface area contributed by atoms with Crippen LogP contribution in [0.25, 0.3) is 0 Å². The number of nitro benzene ring substituents is 1. The molecule has 2 aromatic carbocycles. The van der Waals surface area contributed by atoms with Crippen LogP contribution in [0.2, 0.25) is 0 Å². The van der Waals surface area contributed by atoms with E-state index in [9.17, 15) is 20.0 Å². The Labute approximate surface area is 109 Å². The Morgan fingerprint density at radius 2 is 1.95 bits per heavy atom. The summed E-state index contributed by atoms with van der Waals surface area (Å²) in [6.07, 6.45) is 0. The third-order valence-electron chi connectivity index (χ3n) is 2.77. The van der Waals surface area contributed by atoms with Crippen LogP contribution in [0.3, 0.4) is 0 Å². The molecule has 0 amide bonds. The molecule has 1 N–H and O–H groups in total. The fourth-order valence-corrected chi connectivity index (χ4v) is 1.82. The lowest BCUT2D eigenvalue weighted by molar-refractivity contribution is -0.384. The normalized spacial score (nSPS) is 10.2. The van der Waals surface area contributed by atoms with E-state index in [1.54, 1.807) is 6.92 Å². The predicted molar refractivity (Wildman–Crippen MR) is 69.4 cm³/mol. The Bertz CT molecular complexity index is 664. The van der Waals surface area contributed by atoms with Gasteiger partial charge >= 0.3 is 0 Å². The van der Waals surface area contributed by atoms with Gasteiger partial charge in [-0.3, -0.25) is 14.9 Å². The number of non-ortho nitro benzene ring substituents is 1. The third-order valence-corrected chi connectivity index (χ3v) is 2.77. The Balaban J connectivity index is 2.44. The minimum atomic E-state index is -0.541. The molecule has 5 heteroatoms. The molecule has 96 valence electrons. The summed E-state index contributed by atoms with van der Waals surface area (Å²) in [5.74, 6) is -0.228. The molecular formula is C14H11NO4. The van der Waals surface area contributed by atoms with Gasteiger partial charge in [0.05, 0.1) is 4.92 Å². The fraction of sp³-hybridized carbons (Fsp3) is 0.0714. The van der Waals surface area contributed by atoms with Gasteiger partial charge in [-0.1, -0.05) is 12.1 Å². The summed E-state index contributed by atoms with van der Waals surface area (Å²) in [5, 5.41) is 20.0. The molecule has 5 nitrogen and oxygen atoms in total. The van der Waals surface area contributed by atoms with Crippen molar-refractivity contribution in [3.05, 3.63) is 69.3 Å². The Morgan fingerprint density at radius 3 is 2.58 bits per heavy atom. The minimum absolute atomic E-state index is 0.0769. The molecular weight excluding hydrogens is 246 g/mol. The first-order valence-electron chi connectivity index (χ1n) is 5.58. The van der Waals surface area contributed by atoms with Crippen molar-refractivity contribution in [2.75, 3.05) is 0 Å². The quantitative estimate of drug-likeness (QED) is 0.520. The molecule has 19 heavy (non-hydrogen) atoms. The van der Waals surface area contributed by atoms with E-state index in [2.05, 4.69) is 0 Å². The van der Waals surface area contributed by atoms with Crippen LogP contribution in [0.15, 0.2) is 42.5 Å².